The van der Waals surface area contributed by atoms with Crippen LogP contribution in [0.4, 0.5) is 13.2 Å². The quantitative estimate of drug-likeness (QED) is 0.839. The summed E-state index contributed by atoms with van der Waals surface area (Å²) in [5.41, 5.74) is 5.03. The molecule has 0 atom stereocenters. The molecule has 0 radical (unpaired) electrons. The standard InChI is InChI=1S/C13H21F3N2O2/c14-13(15,16)3-6-18(9-10-1-2-10)11(19)12(17)4-7-20-8-5-12/h10H,1-9,17H2. The summed E-state index contributed by atoms with van der Waals surface area (Å²) in [7, 11) is 0. The molecule has 1 heterocycles. The third kappa shape index (κ3) is 4.34. The van der Waals surface area contributed by atoms with Crippen molar-refractivity contribution in [3.05, 3.63) is 0 Å². The van der Waals surface area contributed by atoms with E-state index in [0.717, 1.165) is 12.8 Å². The zero-order valence-electron chi connectivity index (χ0n) is 11.4. The number of nitrogens with two attached hydrogens (primary N) is 1. The molecule has 1 saturated carbocycles. The minimum absolute atomic E-state index is 0.293. The molecular weight excluding hydrogens is 273 g/mol. The summed E-state index contributed by atoms with van der Waals surface area (Å²) in [5.74, 6) is -0.00688. The Hall–Kier alpha value is -0.820. The Balaban J connectivity index is 1.98. The molecule has 1 aliphatic heterocycles. The Labute approximate surface area is 116 Å². The van der Waals surface area contributed by atoms with Crippen molar-refractivity contribution in [2.75, 3.05) is 26.3 Å². The largest absolute Gasteiger partial charge is 0.390 e. The molecule has 20 heavy (non-hydrogen) atoms. The van der Waals surface area contributed by atoms with Crippen LogP contribution in [0.3, 0.4) is 0 Å². The lowest BCUT2D eigenvalue weighted by atomic mass is 9.89. The van der Waals surface area contributed by atoms with Crippen LogP contribution in [0.5, 0.6) is 0 Å². The molecule has 0 spiro atoms. The Morgan fingerprint density at radius 1 is 1.30 bits per heavy atom. The van der Waals surface area contributed by atoms with Gasteiger partial charge in [0.2, 0.25) is 5.91 Å². The van der Waals surface area contributed by atoms with Gasteiger partial charge >= 0.3 is 6.18 Å². The van der Waals surface area contributed by atoms with Crippen LogP contribution in [0.1, 0.15) is 32.1 Å². The fourth-order valence-electron chi connectivity index (χ4n) is 2.41. The Morgan fingerprint density at radius 2 is 1.90 bits per heavy atom. The highest BCUT2D eigenvalue weighted by molar-refractivity contribution is 5.86. The van der Waals surface area contributed by atoms with Crippen molar-refractivity contribution in [2.24, 2.45) is 11.7 Å². The average molecular weight is 294 g/mol. The first-order valence-corrected chi connectivity index (χ1v) is 7.03. The minimum atomic E-state index is -4.25. The molecule has 1 saturated heterocycles. The molecule has 1 amide bonds. The van der Waals surface area contributed by atoms with Crippen molar-refractivity contribution >= 4 is 5.91 Å². The van der Waals surface area contributed by atoms with Gasteiger partial charge in [0, 0.05) is 26.3 Å². The molecular formula is C13H21F3N2O2. The topological polar surface area (TPSA) is 55.6 Å². The van der Waals surface area contributed by atoms with Crippen molar-refractivity contribution in [3.63, 3.8) is 0 Å². The number of hydrogen-bond acceptors (Lipinski definition) is 3. The van der Waals surface area contributed by atoms with E-state index in [1.165, 1.54) is 4.90 Å². The Bertz CT molecular complexity index is 350. The molecule has 7 heteroatoms. The van der Waals surface area contributed by atoms with Crippen LogP contribution >= 0.6 is 0 Å². The van der Waals surface area contributed by atoms with E-state index in [1.54, 1.807) is 0 Å². The summed E-state index contributed by atoms with van der Waals surface area (Å²) in [6, 6.07) is 0. The predicted molar refractivity (Wildman–Crippen MR) is 66.9 cm³/mol. The number of amides is 1. The van der Waals surface area contributed by atoms with Gasteiger partial charge in [-0.2, -0.15) is 13.2 Å². The number of hydrogen-bond donors (Lipinski definition) is 1. The van der Waals surface area contributed by atoms with Gasteiger partial charge in [0.25, 0.3) is 0 Å². The van der Waals surface area contributed by atoms with Gasteiger partial charge in [0.15, 0.2) is 0 Å². The molecule has 2 aliphatic rings. The normalized spacial score (nSPS) is 22.6. The first kappa shape index (κ1) is 15.6. The van der Waals surface area contributed by atoms with Gasteiger partial charge in [0.1, 0.15) is 0 Å². The summed E-state index contributed by atoms with van der Waals surface area (Å²) < 4.78 is 42.3. The number of rotatable bonds is 5. The molecule has 2 N–H and O–H groups in total. The van der Waals surface area contributed by atoms with Crippen molar-refractivity contribution in [2.45, 2.75) is 43.8 Å². The third-order valence-electron chi connectivity index (χ3n) is 3.94. The summed E-state index contributed by atoms with van der Waals surface area (Å²) >= 11 is 0. The van der Waals surface area contributed by atoms with Gasteiger partial charge in [-0.25, -0.2) is 0 Å². The summed E-state index contributed by atoms with van der Waals surface area (Å²) in [6.07, 6.45) is -2.51. The molecule has 0 aromatic heterocycles. The second-order valence-corrected chi connectivity index (χ2v) is 5.83. The van der Waals surface area contributed by atoms with Gasteiger partial charge < -0.3 is 15.4 Å². The van der Waals surface area contributed by atoms with Crippen molar-refractivity contribution in [3.8, 4) is 0 Å². The van der Waals surface area contributed by atoms with Crippen LogP contribution in [0.25, 0.3) is 0 Å². The van der Waals surface area contributed by atoms with E-state index in [9.17, 15) is 18.0 Å². The zero-order chi connectivity index (χ0) is 14.8. The van der Waals surface area contributed by atoms with E-state index in [0.29, 0.717) is 38.5 Å². The van der Waals surface area contributed by atoms with Gasteiger partial charge in [-0.3, -0.25) is 4.79 Å². The average Bonchev–Trinajstić information content (AvgIpc) is 3.17. The smallest absolute Gasteiger partial charge is 0.381 e. The number of ether oxygens (including phenoxy) is 1. The van der Waals surface area contributed by atoms with Gasteiger partial charge in [-0.15, -0.1) is 0 Å². The highest BCUT2D eigenvalue weighted by Crippen LogP contribution is 2.32. The van der Waals surface area contributed by atoms with Crippen LogP contribution in [0.2, 0.25) is 0 Å². The molecule has 1 aliphatic carbocycles. The third-order valence-corrected chi connectivity index (χ3v) is 3.94. The fourth-order valence-corrected chi connectivity index (χ4v) is 2.41. The van der Waals surface area contributed by atoms with Crippen molar-refractivity contribution in [1.29, 1.82) is 0 Å². The van der Waals surface area contributed by atoms with Crippen LogP contribution in [0.15, 0.2) is 0 Å². The lowest BCUT2D eigenvalue weighted by Gasteiger charge is -2.37. The van der Waals surface area contributed by atoms with Gasteiger partial charge in [-0.1, -0.05) is 0 Å². The van der Waals surface area contributed by atoms with E-state index in [-0.39, 0.29) is 12.5 Å². The Morgan fingerprint density at radius 3 is 2.40 bits per heavy atom. The highest BCUT2D eigenvalue weighted by atomic mass is 19.4. The van der Waals surface area contributed by atoms with E-state index in [1.807, 2.05) is 0 Å². The molecule has 4 nitrogen and oxygen atoms in total. The van der Waals surface area contributed by atoms with Crippen LogP contribution in [0, 0.1) is 5.92 Å². The molecule has 0 unspecified atom stereocenters. The number of nitrogens with zero attached hydrogens (tertiary/aromatic N) is 1. The van der Waals surface area contributed by atoms with E-state index in [4.69, 9.17) is 10.5 Å². The molecule has 2 fully saturated rings. The first-order chi connectivity index (χ1) is 9.30. The van der Waals surface area contributed by atoms with Gasteiger partial charge in [-0.05, 0) is 31.6 Å². The molecule has 0 aromatic rings. The predicted octanol–water partition coefficient (Wildman–Crippen LogP) is 1.69. The second kappa shape index (κ2) is 5.89. The molecule has 0 aromatic carbocycles. The minimum Gasteiger partial charge on any atom is -0.381 e. The number of carbonyl (C=O) groups excluding carboxylic acids is 1. The summed E-state index contributed by atoms with van der Waals surface area (Å²) in [5, 5.41) is 0. The maximum Gasteiger partial charge on any atom is 0.390 e. The molecule has 2 rings (SSSR count). The first-order valence-electron chi connectivity index (χ1n) is 7.03. The lowest BCUT2D eigenvalue weighted by molar-refractivity contribution is -0.150. The second-order valence-electron chi connectivity index (χ2n) is 5.83. The highest BCUT2D eigenvalue weighted by Gasteiger charge is 2.41. The maximum atomic E-state index is 12.5. The molecule has 116 valence electrons. The van der Waals surface area contributed by atoms with Gasteiger partial charge in [0.05, 0.1) is 12.0 Å². The number of alkyl halides is 3. The van der Waals surface area contributed by atoms with Crippen LogP contribution in [-0.4, -0.2) is 48.8 Å². The van der Waals surface area contributed by atoms with E-state index >= 15 is 0 Å². The monoisotopic (exact) mass is 294 g/mol. The fraction of sp³-hybridized carbons (Fsp3) is 0.923. The number of halogens is 3. The molecule has 0 bridgehead atoms. The summed E-state index contributed by atoms with van der Waals surface area (Å²) in [4.78, 5) is 13.8. The van der Waals surface area contributed by atoms with E-state index in [2.05, 4.69) is 0 Å². The zero-order valence-corrected chi connectivity index (χ0v) is 11.4. The maximum absolute atomic E-state index is 12.5. The van der Waals surface area contributed by atoms with Crippen molar-refractivity contribution in [1.82, 2.24) is 4.90 Å². The number of carbonyl (C=O) groups is 1. The summed E-state index contributed by atoms with van der Waals surface area (Å²) in [6.45, 7) is 0.880. The SMILES string of the molecule is NC1(C(=O)N(CCC(F)(F)F)CC2CC2)CCOCC1. The van der Waals surface area contributed by atoms with E-state index < -0.39 is 18.1 Å². The lowest BCUT2D eigenvalue weighted by Crippen LogP contribution is -2.58. The van der Waals surface area contributed by atoms with Crippen molar-refractivity contribution < 1.29 is 22.7 Å². The van der Waals surface area contributed by atoms with Crippen LogP contribution < -0.4 is 5.73 Å². The Kier molecular flexibility index (Phi) is 4.59. The van der Waals surface area contributed by atoms with Crippen LogP contribution in [-0.2, 0) is 9.53 Å².